The van der Waals surface area contributed by atoms with Crippen LogP contribution >= 0.6 is 0 Å². The Morgan fingerprint density at radius 1 is 0.864 bits per heavy atom. The van der Waals surface area contributed by atoms with E-state index in [2.05, 4.69) is 61.5 Å². The molecule has 0 aromatic heterocycles. The molecule has 5 rings (SSSR count). The molecule has 4 aliphatic carbocycles. The average molecular weight is 623 g/mol. The second-order valence-electron chi connectivity index (χ2n) is 17.3. The van der Waals surface area contributed by atoms with Crippen LogP contribution in [0.3, 0.4) is 0 Å². The highest BCUT2D eigenvalue weighted by molar-refractivity contribution is 5.20. The van der Waals surface area contributed by atoms with Gasteiger partial charge in [-0.05, 0) is 124 Å². The molecule has 6 N–H and O–H groups in total. The first-order valence-electron chi connectivity index (χ1n) is 17.3. The molecule has 1 saturated heterocycles. The van der Waals surface area contributed by atoms with E-state index in [1.54, 1.807) is 0 Å². The zero-order valence-electron chi connectivity index (χ0n) is 28.5. The highest BCUT2D eigenvalue weighted by Crippen LogP contribution is 2.76. The van der Waals surface area contributed by atoms with Crippen molar-refractivity contribution in [2.45, 2.75) is 162 Å². The fourth-order valence-corrected chi connectivity index (χ4v) is 11.8. The molecule has 9 unspecified atom stereocenters. The van der Waals surface area contributed by atoms with Crippen LogP contribution in [0.4, 0.5) is 0 Å². The normalized spacial score (nSPS) is 51.5. The predicted molar refractivity (Wildman–Crippen MR) is 168 cm³/mol. The Balaban J connectivity index is 1.49. The standard InChI is InChI=1S/C36H62O8/c1-20(2)10-9-14-36(8,44-31-30(42)29(41)28(40)23(19-37)43-31)21-11-16-35(7)27(21)22(38)18-25-33(5)15-13-26(39)32(3,4)24(33)12-17-34(25,35)6/h10,21-31,37-42H,9,11-19H2,1-8H3/t21?,22-,23?,24?,25?,26?,27?,28-,29?,30?,31+,33+,34-,35-,36?/m1/s1. The number of fused-ring (bicyclic) bond motifs is 5. The summed E-state index contributed by atoms with van der Waals surface area (Å²) in [7, 11) is 0. The summed E-state index contributed by atoms with van der Waals surface area (Å²) in [5.41, 5.74) is 0.171. The highest BCUT2D eigenvalue weighted by Gasteiger charge is 2.71. The van der Waals surface area contributed by atoms with Crippen LogP contribution in [-0.4, -0.2) is 85.8 Å². The van der Waals surface area contributed by atoms with E-state index in [0.29, 0.717) is 18.3 Å². The van der Waals surface area contributed by atoms with Crippen molar-refractivity contribution in [3.05, 3.63) is 11.6 Å². The van der Waals surface area contributed by atoms with Gasteiger partial charge in [0.15, 0.2) is 6.29 Å². The van der Waals surface area contributed by atoms with E-state index < -0.39 is 49.0 Å². The number of ether oxygens (including phenoxy) is 2. The molecule has 4 saturated carbocycles. The molecule has 8 nitrogen and oxygen atoms in total. The Bertz CT molecular complexity index is 1070. The van der Waals surface area contributed by atoms with Gasteiger partial charge < -0.3 is 40.1 Å². The van der Waals surface area contributed by atoms with Crippen LogP contribution in [0.15, 0.2) is 11.6 Å². The van der Waals surface area contributed by atoms with Gasteiger partial charge in [-0.3, -0.25) is 0 Å². The van der Waals surface area contributed by atoms with Gasteiger partial charge in [0.05, 0.1) is 24.4 Å². The lowest BCUT2D eigenvalue weighted by molar-refractivity contribution is -0.336. The van der Waals surface area contributed by atoms with Gasteiger partial charge >= 0.3 is 0 Å². The van der Waals surface area contributed by atoms with Gasteiger partial charge in [0.25, 0.3) is 0 Å². The molecule has 0 spiro atoms. The quantitative estimate of drug-likeness (QED) is 0.231. The van der Waals surface area contributed by atoms with Crippen molar-refractivity contribution in [1.29, 1.82) is 0 Å². The van der Waals surface area contributed by atoms with Crippen molar-refractivity contribution in [3.63, 3.8) is 0 Å². The first-order valence-corrected chi connectivity index (χ1v) is 17.3. The molecular formula is C36H62O8. The van der Waals surface area contributed by atoms with Crippen LogP contribution < -0.4 is 0 Å². The van der Waals surface area contributed by atoms with E-state index in [4.69, 9.17) is 9.47 Å². The largest absolute Gasteiger partial charge is 0.394 e. The highest BCUT2D eigenvalue weighted by atomic mass is 16.7. The lowest BCUT2D eigenvalue weighted by Crippen LogP contribution is -2.67. The summed E-state index contributed by atoms with van der Waals surface area (Å²) in [6.45, 7) is 17.5. The summed E-state index contributed by atoms with van der Waals surface area (Å²) in [6.07, 6.45) is 2.60. The molecule has 44 heavy (non-hydrogen) atoms. The maximum atomic E-state index is 12.2. The first-order chi connectivity index (χ1) is 20.4. The topological polar surface area (TPSA) is 140 Å². The monoisotopic (exact) mass is 622 g/mol. The number of hydrogen-bond donors (Lipinski definition) is 6. The van der Waals surface area contributed by atoms with Gasteiger partial charge in [-0.2, -0.15) is 0 Å². The lowest BCUT2D eigenvalue weighted by Gasteiger charge is -2.70. The maximum absolute atomic E-state index is 12.2. The van der Waals surface area contributed by atoms with Crippen LogP contribution in [0, 0.1) is 45.3 Å². The molecule has 1 heterocycles. The van der Waals surface area contributed by atoms with Crippen molar-refractivity contribution < 1.29 is 40.1 Å². The molecule has 5 fully saturated rings. The van der Waals surface area contributed by atoms with E-state index in [1.165, 1.54) is 5.57 Å². The summed E-state index contributed by atoms with van der Waals surface area (Å²) >= 11 is 0. The summed E-state index contributed by atoms with van der Waals surface area (Å²) < 4.78 is 12.6. The smallest absolute Gasteiger partial charge is 0.187 e. The number of hydrogen-bond acceptors (Lipinski definition) is 8. The minimum absolute atomic E-state index is 0.0131. The van der Waals surface area contributed by atoms with E-state index in [0.717, 1.165) is 51.4 Å². The van der Waals surface area contributed by atoms with Gasteiger partial charge in [0, 0.05) is 0 Å². The van der Waals surface area contributed by atoms with Gasteiger partial charge in [0.2, 0.25) is 0 Å². The molecule has 0 radical (unpaired) electrons. The minimum atomic E-state index is -1.50. The van der Waals surface area contributed by atoms with Crippen LogP contribution in [0.2, 0.25) is 0 Å². The molecule has 5 aliphatic rings. The van der Waals surface area contributed by atoms with Gasteiger partial charge in [-0.25, -0.2) is 0 Å². The first kappa shape index (κ1) is 34.7. The SMILES string of the molecule is CC(C)=CCCC(C)(O[C@@H]1OC(CO)[C@@H](O)C(O)C1O)C1CC[C@]2(C)C1[C@H](O)CC1[C@@]3(C)CCC(O)C(C)(C)C3CC[C@]12C. The number of aliphatic hydroxyl groups excluding tert-OH is 6. The van der Waals surface area contributed by atoms with Crippen molar-refractivity contribution in [1.82, 2.24) is 0 Å². The van der Waals surface area contributed by atoms with Gasteiger partial charge in [-0.1, -0.05) is 46.3 Å². The van der Waals surface area contributed by atoms with Crippen molar-refractivity contribution in [2.24, 2.45) is 45.3 Å². The molecule has 254 valence electrons. The van der Waals surface area contributed by atoms with E-state index in [1.807, 2.05) is 0 Å². The molecule has 0 amide bonds. The lowest BCUT2D eigenvalue weighted by atomic mass is 9.35. The summed E-state index contributed by atoms with van der Waals surface area (Å²) in [5.74, 6) is 0.713. The molecule has 0 bridgehead atoms. The fraction of sp³-hybridized carbons (Fsp3) is 0.944. The number of aliphatic hydroxyl groups is 6. The van der Waals surface area contributed by atoms with Crippen LogP contribution in [0.5, 0.6) is 0 Å². The Hall–Kier alpha value is -0.580. The number of rotatable bonds is 7. The molecule has 0 aromatic carbocycles. The summed E-state index contributed by atoms with van der Waals surface area (Å²) in [5, 5.41) is 65.0. The minimum Gasteiger partial charge on any atom is -0.394 e. The Morgan fingerprint density at radius 2 is 1.52 bits per heavy atom. The van der Waals surface area contributed by atoms with Crippen molar-refractivity contribution in [3.8, 4) is 0 Å². The van der Waals surface area contributed by atoms with E-state index >= 15 is 0 Å². The molecule has 8 heteroatoms. The van der Waals surface area contributed by atoms with Gasteiger partial charge in [0.1, 0.15) is 24.4 Å². The Kier molecular flexibility index (Phi) is 9.35. The van der Waals surface area contributed by atoms with Crippen LogP contribution in [-0.2, 0) is 9.47 Å². The second kappa shape index (κ2) is 11.8. The van der Waals surface area contributed by atoms with E-state index in [-0.39, 0.29) is 39.6 Å². The summed E-state index contributed by atoms with van der Waals surface area (Å²) in [6, 6.07) is 0. The molecule has 0 aromatic rings. The third-order valence-corrected chi connectivity index (χ3v) is 14.6. The van der Waals surface area contributed by atoms with Crippen molar-refractivity contribution in [2.75, 3.05) is 6.61 Å². The van der Waals surface area contributed by atoms with E-state index in [9.17, 15) is 30.6 Å². The van der Waals surface area contributed by atoms with Crippen molar-refractivity contribution >= 4 is 0 Å². The van der Waals surface area contributed by atoms with Crippen LogP contribution in [0.1, 0.15) is 113 Å². The van der Waals surface area contributed by atoms with Crippen LogP contribution in [0.25, 0.3) is 0 Å². The maximum Gasteiger partial charge on any atom is 0.187 e. The zero-order chi connectivity index (χ0) is 32.6. The molecule has 15 atom stereocenters. The number of allylic oxidation sites excluding steroid dienone is 2. The predicted octanol–water partition coefficient (Wildman–Crippen LogP) is 4.32. The fourth-order valence-electron chi connectivity index (χ4n) is 11.8. The molecule has 1 aliphatic heterocycles. The van der Waals surface area contributed by atoms with Gasteiger partial charge in [-0.15, -0.1) is 0 Å². The average Bonchev–Trinajstić information content (AvgIpc) is 3.33. The second-order valence-corrected chi connectivity index (χ2v) is 17.3. The Morgan fingerprint density at radius 3 is 2.16 bits per heavy atom. The third-order valence-electron chi connectivity index (χ3n) is 14.6. The summed E-state index contributed by atoms with van der Waals surface area (Å²) in [4.78, 5) is 0. The Labute approximate surface area is 265 Å². The third kappa shape index (κ3) is 5.17. The molecular weight excluding hydrogens is 560 g/mol. The zero-order valence-corrected chi connectivity index (χ0v) is 28.5.